The molecule has 0 saturated heterocycles. The van der Waals surface area contributed by atoms with Crippen molar-refractivity contribution in [2.24, 2.45) is 0 Å². The zero-order chi connectivity index (χ0) is 15.4. The highest BCUT2D eigenvalue weighted by Crippen LogP contribution is 2.30. The minimum Gasteiger partial charge on any atom is -0.495 e. The summed E-state index contributed by atoms with van der Waals surface area (Å²) in [6.45, 7) is 0. The third kappa shape index (κ3) is 3.90. The summed E-state index contributed by atoms with van der Waals surface area (Å²) in [5, 5.41) is 10.5. The topological polar surface area (TPSA) is 46.5 Å². The van der Waals surface area contributed by atoms with E-state index in [1.807, 2.05) is 6.07 Å². The maximum Gasteiger partial charge on any atom is 0.311 e. The van der Waals surface area contributed by atoms with Crippen molar-refractivity contribution in [2.75, 3.05) is 7.11 Å². The highest BCUT2D eigenvalue weighted by Gasteiger charge is 2.21. The Labute approximate surface area is 133 Å². The summed E-state index contributed by atoms with van der Waals surface area (Å²) in [7, 11) is 1.52. The van der Waals surface area contributed by atoms with Crippen LogP contribution in [0, 0.1) is 0 Å². The highest BCUT2D eigenvalue weighted by atomic mass is 35.5. The molecule has 2 aromatic carbocycles. The number of ether oxygens (including phenoxy) is 1. The predicted molar refractivity (Wildman–Crippen MR) is 83.5 cm³/mol. The number of carbonyl (C=O) groups is 1. The van der Waals surface area contributed by atoms with Gasteiger partial charge in [0.25, 0.3) is 0 Å². The Bertz CT molecular complexity index is 656. The summed E-state index contributed by atoms with van der Waals surface area (Å²) >= 11 is 12.0. The smallest absolute Gasteiger partial charge is 0.311 e. The van der Waals surface area contributed by atoms with Crippen molar-refractivity contribution in [1.82, 2.24) is 0 Å². The van der Waals surface area contributed by atoms with Gasteiger partial charge in [0.1, 0.15) is 5.75 Å². The second-order valence-corrected chi connectivity index (χ2v) is 5.46. The summed E-state index contributed by atoms with van der Waals surface area (Å²) in [6.07, 6.45) is 0.346. The van der Waals surface area contributed by atoms with Crippen molar-refractivity contribution in [3.63, 3.8) is 0 Å². The van der Waals surface area contributed by atoms with Crippen molar-refractivity contribution >= 4 is 29.2 Å². The van der Waals surface area contributed by atoms with Crippen LogP contribution in [0.1, 0.15) is 17.0 Å². The average Bonchev–Trinajstić information content (AvgIpc) is 2.44. The SMILES string of the molecule is COc1ccc(C(Cc2cccc(Cl)c2)C(=O)O)cc1Cl. The van der Waals surface area contributed by atoms with Gasteiger partial charge in [0, 0.05) is 5.02 Å². The van der Waals surface area contributed by atoms with Gasteiger partial charge in [-0.15, -0.1) is 0 Å². The van der Waals surface area contributed by atoms with Gasteiger partial charge >= 0.3 is 5.97 Å². The van der Waals surface area contributed by atoms with Crippen LogP contribution in [0.25, 0.3) is 0 Å². The molecule has 21 heavy (non-hydrogen) atoms. The van der Waals surface area contributed by atoms with Gasteiger partial charge in [0.05, 0.1) is 18.1 Å². The molecule has 0 heterocycles. The number of aliphatic carboxylic acids is 1. The van der Waals surface area contributed by atoms with E-state index in [9.17, 15) is 9.90 Å². The van der Waals surface area contributed by atoms with Gasteiger partial charge < -0.3 is 9.84 Å². The van der Waals surface area contributed by atoms with Crippen LogP contribution in [-0.4, -0.2) is 18.2 Å². The fraction of sp³-hybridized carbons (Fsp3) is 0.188. The number of halogens is 2. The van der Waals surface area contributed by atoms with Crippen LogP contribution in [0.5, 0.6) is 5.75 Å². The molecule has 0 bridgehead atoms. The Morgan fingerprint density at radius 1 is 1.24 bits per heavy atom. The molecule has 2 aromatic rings. The fourth-order valence-corrected chi connectivity index (χ4v) is 2.63. The first-order chi connectivity index (χ1) is 10.0. The first-order valence-corrected chi connectivity index (χ1v) is 7.07. The Balaban J connectivity index is 2.31. The van der Waals surface area contributed by atoms with Gasteiger partial charge in [0.2, 0.25) is 0 Å². The summed E-state index contributed by atoms with van der Waals surface area (Å²) in [4.78, 5) is 11.5. The van der Waals surface area contributed by atoms with Gasteiger partial charge in [-0.1, -0.05) is 41.4 Å². The summed E-state index contributed by atoms with van der Waals surface area (Å²) in [5.41, 5.74) is 1.50. The predicted octanol–water partition coefficient (Wildman–Crippen LogP) is 4.41. The lowest BCUT2D eigenvalue weighted by Gasteiger charge is -2.14. The first-order valence-electron chi connectivity index (χ1n) is 6.32. The Hall–Kier alpha value is -1.71. The van der Waals surface area contributed by atoms with Gasteiger partial charge in [-0.25, -0.2) is 0 Å². The van der Waals surface area contributed by atoms with E-state index in [1.54, 1.807) is 36.4 Å². The van der Waals surface area contributed by atoms with Crippen molar-refractivity contribution in [2.45, 2.75) is 12.3 Å². The highest BCUT2D eigenvalue weighted by molar-refractivity contribution is 6.32. The molecule has 1 N–H and O–H groups in total. The van der Waals surface area contributed by atoms with Crippen LogP contribution in [0.3, 0.4) is 0 Å². The van der Waals surface area contributed by atoms with Crippen LogP contribution in [-0.2, 0) is 11.2 Å². The Kier molecular flexibility index (Phi) is 5.10. The Morgan fingerprint density at radius 3 is 2.57 bits per heavy atom. The number of benzene rings is 2. The molecule has 0 aromatic heterocycles. The zero-order valence-corrected chi connectivity index (χ0v) is 12.9. The molecule has 0 saturated carbocycles. The monoisotopic (exact) mass is 324 g/mol. The molecule has 110 valence electrons. The van der Waals surface area contributed by atoms with Crippen molar-refractivity contribution in [3.05, 3.63) is 63.6 Å². The van der Waals surface area contributed by atoms with Gasteiger partial charge in [-0.05, 0) is 41.8 Å². The van der Waals surface area contributed by atoms with Gasteiger partial charge in [0.15, 0.2) is 0 Å². The van der Waals surface area contributed by atoms with E-state index in [0.717, 1.165) is 5.56 Å². The van der Waals surface area contributed by atoms with Crippen LogP contribution in [0.15, 0.2) is 42.5 Å². The second-order valence-electron chi connectivity index (χ2n) is 4.62. The van der Waals surface area contributed by atoms with Crippen molar-refractivity contribution < 1.29 is 14.6 Å². The lowest BCUT2D eigenvalue weighted by Crippen LogP contribution is -2.14. The molecule has 2 rings (SSSR count). The van der Waals surface area contributed by atoms with Crippen LogP contribution in [0.4, 0.5) is 0 Å². The van der Waals surface area contributed by atoms with E-state index in [4.69, 9.17) is 27.9 Å². The minimum absolute atomic E-state index is 0.346. The number of carboxylic acid groups (broad SMARTS) is 1. The molecule has 0 aliphatic rings. The quantitative estimate of drug-likeness (QED) is 0.885. The van der Waals surface area contributed by atoms with Crippen molar-refractivity contribution in [1.29, 1.82) is 0 Å². The lowest BCUT2D eigenvalue weighted by atomic mass is 9.92. The maximum atomic E-state index is 11.5. The molecule has 5 heteroatoms. The molecule has 0 radical (unpaired) electrons. The minimum atomic E-state index is -0.906. The third-order valence-corrected chi connectivity index (χ3v) is 3.74. The van der Waals surface area contributed by atoms with E-state index in [2.05, 4.69) is 0 Å². The number of hydrogen-bond acceptors (Lipinski definition) is 2. The number of methoxy groups -OCH3 is 1. The van der Waals surface area contributed by atoms with E-state index in [1.165, 1.54) is 7.11 Å². The molecule has 0 aliphatic carbocycles. The average molecular weight is 325 g/mol. The largest absolute Gasteiger partial charge is 0.495 e. The second kappa shape index (κ2) is 6.83. The standard InChI is InChI=1S/C16H14Cl2O3/c1-21-15-6-5-11(9-14(15)18)13(16(19)20)8-10-3-2-4-12(17)7-10/h2-7,9,13H,8H2,1H3,(H,19,20). The zero-order valence-electron chi connectivity index (χ0n) is 11.3. The molecule has 3 nitrogen and oxygen atoms in total. The van der Waals surface area contributed by atoms with E-state index < -0.39 is 11.9 Å². The molecule has 0 amide bonds. The van der Waals surface area contributed by atoms with Gasteiger partial charge in [-0.2, -0.15) is 0 Å². The van der Waals surface area contributed by atoms with E-state index in [-0.39, 0.29) is 0 Å². The molecule has 1 unspecified atom stereocenters. The summed E-state index contributed by atoms with van der Waals surface area (Å²) in [6, 6.07) is 12.2. The molecule has 0 aliphatic heterocycles. The number of hydrogen-bond donors (Lipinski definition) is 1. The van der Waals surface area contributed by atoms with Gasteiger partial charge in [-0.3, -0.25) is 4.79 Å². The molecule has 0 spiro atoms. The molecule has 0 fully saturated rings. The number of rotatable bonds is 5. The van der Waals surface area contributed by atoms with Crippen molar-refractivity contribution in [3.8, 4) is 5.75 Å². The van der Waals surface area contributed by atoms with Crippen LogP contribution < -0.4 is 4.74 Å². The van der Waals surface area contributed by atoms with Crippen LogP contribution in [0.2, 0.25) is 10.0 Å². The third-order valence-electron chi connectivity index (χ3n) is 3.21. The molecule has 1 atom stereocenters. The molecular weight excluding hydrogens is 311 g/mol. The first kappa shape index (κ1) is 15.7. The van der Waals surface area contributed by atoms with E-state index in [0.29, 0.717) is 27.8 Å². The fourth-order valence-electron chi connectivity index (χ4n) is 2.15. The van der Waals surface area contributed by atoms with E-state index >= 15 is 0 Å². The normalized spacial score (nSPS) is 12.0. The van der Waals surface area contributed by atoms with Crippen LogP contribution >= 0.6 is 23.2 Å². The summed E-state index contributed by atoms with van der Waals surface area (Å²) < 4.78 is 5.08. The Morgan fingerprint density at radius 2 is 2.00 bits per heavy atom. The number of carboxylic acids is 1. The lowest BCUT2D eigenvalue weighted by molar-refractivity contribution is -0.138. The maximum absolute atomic E-state index is 11.5. The molecular formula is C16H14Cl2O3. The summed E-state index contributed by atoms with van der Waals surface area (Å²) in [5.74, 6) is -1.07.